The predicted octanol–water partition coefficient (Wildman–Crippen LogP) is 2.33. The van der Waals surface area contributed by atoms with E-state index >= 15 is 0 Å². The fraction of sp³-hybridized carbons (Fsp3) is 0.706. The van der Waals surface area contributed by atoms with Crippen molar-refractivity contribution in [3.63, 3.8) is 0 Å². The van der Waals surface area contributed by atoms with Crippen molar-refractivity contribution in [2.24, 2.45) is 5.92 Å². The van der Waals surface area contributed by atoms with E-state index < -0.39 is 6.10 Å². The van der Waals surface area contributed by atoms with Crippen LogP contribution in [0.25, 0.3) is 0 Å². The number of amides is 1. The molecule has 0 bridgehead atoms. The number of aliphatic hydroxyl groups is 1. The van der Waals surface area contributed by atoms with Gasteiger partial charge in [0, 0.05) is 6.54 Å². The molecule has 5 heteroatoms. The van der Waals surface area contributed by atoms with Crippen molar-refractivity contribution < 1.29 is 14.3 Å². The fourth-order valence-electron chi connectivity index (χ4n) is 2.83. The molecule has 1 aromatic rings. The molecular weight excluding hydrogens is 280 g/mol. The standard InChI is InChI=1S/C17H28N2O3/c1-13(2)15(20)11-17(21)18-12-14(16-7-6-10-22-16)19-8-4-3-5-9-19/h6-7,10,13-15,20H,3-5,8-9,11-12H2,1-2H3,(H,18,21). The molecule has 2 N–H and O–H groups in total. The largest absolute Gasteiger partial charge is 0.468 e. The minimum atomic E-state index is -0.586. The second-order valence-corrected chi connectivity index (χ2v) is 6.45. The van der Waals surface area contributed by atoms with Crippen LogP contribution in [-0.4, -0.2) is 41.7 Å². The topological polar surface area (TPSA) is 65.7 Å². The maximum Gasteiger partial charge on any atom is 0.222 e. The number of hydrogen-bond acceptors (Lipinski definition) is 4. The third-order valence-electron chi connectivity index (χ3n) is 4.36. The molecule has 0 aliphatic carbocycles. The van der Waals surface area contributed by atoms with E-state index in [1.807, 2.05) is 26.0 Å². The summed E-state index contributed by atoms with van der Waals surface area (Å²) in [6.45, 7) is 6.43. The lowest BCUT2D eigenvalue weighted by atomic mass is 10.0. The third kappa shape index (κ3) is 4.85. The molecule has 0 spiro atoms. The van der Waals surface area contributed by atoms with Gasteiger partial charge in [0.1, 0.15) is 5.76 Å². The summed E-state index contributed by atoms with van der Waals surface area (Å²) in [5, 5.41) is 12.8. The zero-order valence-electron chi connectivity index (χ0n) is 13.6. The molecule has 0 aromatic carbocycles. The molecule has 1 aromatic heterocycles. The van der Waals surface area contributed by atoms with Crippen LogP contribution in [0.4, 0.5) is 0 Å². The Morgan fingerprint density at radius 1 is 1.36 bits per heavy atom. The summed E-state index contributed by atoms with van der Waals surface area (Å²) in [4.78, 5) is 14.4. The van der Waals surface area contributed by atoms with Gasteiger partial charge in [-0.1, -0.05) is 20.3 Å². The highest BCUT2D eigenvalue weighted by Gasteiger charge is 2.25. The fourth-order valence-corrected chi connectivity index (χ4v) is 2.83. The van der Waals surface area contributed by atoms with E-state index in [4.69, 9.17) is 4.42 Å². The van der Waals surface area contributed by atoms with Crippen LogP contribution >= 0.6 is 0 Å². The van der Waals surface area contributed by atoms with Crippen LogP contribution in [0.3, 0.4) is 0 Å². The van der Waals surface area contributed by atoms with Crippen molar-refractivity contribution >= 4 is 5.91 Å². The van der Waals surface area contributed by atoms with Crippen molar-refractivity contribution in [2.45, 2.75) is 51.7 Å². The Hall–Kier alpha value is -1.33. The highest BCUT2D eigenvalue weighted by atomic mass is 16.3. The van der Waals surface area contributed by atoms with Crippen LogP contribution in [0.1, 0.15) is 51.3 Å². The Morgan fingerprint density at radius 3 is 2.68 bits per heavy atom. The van der Waals surface area contributed by atoms with E-state index in [0.717, 1.165) is 18.8 Å². The van der Waals surface area contributed by atoms with Gasteiger partial charge >= 0.3 is 0 Å². The number of carbonyl (C=O) groups excluding carboxylic acids is 1. The van der Waals surface area contributed by atoms with Crippen LogP contribution in [0.2, 0.25) is 0 Å². The van der Waals surface area contributed by atoms with Gasteiger partial charge in [-0.05, 0) is 44.0 Å². The first kappa shape index (κ1) is 17.0. The number of rotatable bonds is 7. The molecule has 2 heterocycles. The van der Waals surface area contributed by atoms with Crippen molar-refractivity contribution in [3.05, 3.63) is 24.2 Å². The zero-order valence-corrected chi connectivity index (χ0v) is 13.6. The summed E-state index contributed by atoms with van der Waals surface area (Å²) in [7, 11) is 0. The van der Waals surface area contributed by atoms with E-state index in [-0.39, 0.29) is 24.3 Å². The van der Waals surface area contributed by atoms with Gasteiger partial charge < -0.3 is 14.8 Å². The zero-order chi connectivity index (χ0) is 15.9. The van der Waals surface area contributed by atoms with E-state index in [0.29, 0.717) is 6.54 Å². The van der Waals surface area contributed by atoms with E-state index in [1.165, 1.54) is 19.3 Å². The Kier molecular flexibility index (Phi) is 6.46. The molecule has 1 aliphatic heterocycles. The molecule has 22 heavy (non-hydrogen) atoms. The van der Waals surface area contributed by atoms with E-state index in [9.17, 15) is 9.90 Å². The number of furan rings is 1. The molecular formula is C17H28N2O3. The lowest BCUT2D eigenvalue weighted by Crippen LogP contribution is -2.41. The summed E-state index contributed by atoms with van der Waals surface area (Å²) in [6.07, 6.45) is 4.90. The lowest BCUT2D eigenvalue weighted by Gasteiger charge is -2.33. The number of nitrogens with zero attached hydrogens (tertiary/aromatic N) is 1. The van der Waals surface area contributed by atoms with Crippen molar-refractivity contribution in [1.29, 1.82) is 0 Å². The number of likely N-dealkylation sites (tertiary alicyclic amines) is 1. The van der Waals surface area contributed by atoms with Gasteiger partial charge in [-0.3, -0.25) is 9.69 Å². The predicted molar refractivity (Wildman–Crippen MR) is 85.3 cm³/mol. The molecule has 1 fully saturated rings. The Balaban J connectivity index is 1.91. The molecule has 1 amide bonds. The van der Waals surface area contributed by atoms with Crippen LogP contribution in [0.15, 0.2) is 22.8 Å². The maximum absolute atomic E-state index is 12.0. The second-order valence-electron chi connectivity index (χ2n) is 6.45. The first-order valence-electron chi connectivity index (χ1n) is 8.30. The summed E-state index contributed by atoms with van der Waals surface area (Å²) in [5.74, 6) is 0.884. The van der Waals surface area contributed by atoms with Crippen LogP contribution in [0, 0.1) is 5.92 Å². The lowest BCUT2D eigenvalue weighted by molar-refractivity contribution is -0.123. The van der Waals surface area contributed by atoms with Gasteiger partial charge in [0.2, 0.25) is 5.91 Å². The molecule has 2 unspecified atom stereocenters. The quantitative estimate of drug-likeness (QED) is 0.811. The van der Waals surface area contributed by atoms with Crippen molar-refractivity contribution in [2.75, 3.05) is 19.6 Å². The molecule has 1 aliphatic rings. The van der Waals surface area contributed by atoms with Crippen molar-refractivity contribution in [3.8, 4) is 0 Å². The average Bonchev–Trinajstić information content (AvgIpc) is 3.02. The Labute approximate surface area is 132 Å². The normalized spacial score (nSPS) is 19.1. The van der Waals surface area contributed by atoms with Gasteiger partial charge in [-0.2, -0.15) is 0 Å². The molecule has 0 saturated carbocycles. The highest BCUT2D eigenvalue weighted by Crippen LogP contribution is 2.24. The molecule has 1 saturated heterocycles. The second kappa shape index (κ2) is 8.34. The summed E-state index contributed by atoms with van der Waals surface area (Å²) in [6, 6.07) is 3.93. The van der Waals surface area contributed by atoms with Gasteiger partial charge in [-0.15, -0.1) is 0 Å². The number of carbonyl (C=O) groups is 1. The SMILES string of the molecule is CC(C)C(O)CC(=O)NCC(c1ccco1)N1CCCCC1. The summed E-state index contributed by atoms with van der Waals surface area (Å²) >= 11 is 0. The van der Waals surface area contributed by atoms with Gasteiger partial charge in [0.05, 0.1) is 24.8 Å². The van der Waals surface area contributed by atoms with Crippen molar-refractivity contribution in [1.82, 2.24) is 10.2 Å². The first-order valence-corrected chi connectivity index (χ1v) is 8.30. The first-order chi connectivity index (χ1) is 10.6. The minimum Gasteiger partial charge on any atom is -0.468 e. The van der Waals surface area contributed by atoms with E-state index in [1.54, 1.807) is 6.26 Å². The molecule has 2 rings (SSSR count). The van der Waals surface area contributed by atoms with Crippen LogP contribution in [0.5, 0.6) is 0 Å². The number of nitrogens with one attached hydrogen (secondary N) is 1. The van der Waals surface area contributed by atoms with Gasteiger partial charge in [0.25, 0.3) is 0 Å². The molecule has 0 radical (unpaired) electrons. The highest BCUT2D eigenvalue weighted by molar-refractivity contribution is 5.76. The van der Waals surface area contributed by atoms with Gasteiger partial charge in [-0.25, -0.2) is 0 Å². The summed E-state index contributed by atoms with van der Waals surface area (Å²) < 4.78 is 5.56. The maximum atomic E-state index is 12.0. The Morgan fingerprint density at radius 2 is 2.09 bits per heavy atom. The van der Waals surface area contributed by atoms with Gasteiger partial charge in [0.15, 0.2) is 0 Å². The molecule has 124 valence electrons. The van der Waals surface area contributed by atoms with E-state index in [2.05, 4.69) is 10.2 Å². The smallest absolute Gasteiger partial charge is 0.222 e. The molecule has 2 atom stereocenters. The Bertz CT molecular complexity index is 439. The average molecular weight is 308 g/mol. The number of hydrogen-bond donors (Lipinski definition) is 2. The number of aliphatic hydroxyl groups excluding tert-OH is 1. The minimum absolute atomic E-state index is 0.0791. The monoisotopic (exact) mass is 308 g/mol. The number of piperidine rings is 1. The summed E-state index contributed by atoms with van der Waals surface area (Å²) in [5.41, 5.74) is 0. The van der Waals surface area contributed by atoms with Crippen LogP contribution < -0.4 is 5.32 Å². The van der Waals surface area contributed by atoms with Crippen LogP contribution in [-0.2, 0) is 4.79 Å². The third-order valence-corrected chi connectivity index (χ3v) is 4.36. The molecule has 5 nitrogen and oxygen atoms in total.